The number of likely N-dealkylation sites (tertiary alicyclic amines) is 1. The smallest absolute Gasteiger partial charge is 0.417 e. The van der Waals surface area contributed by atoms with Gasteiger partial charge in [0.05, 0.1) is 5.56 Å². The van der Waals surface area contributed by atoms with Crippen LogP contribution in [0.4, 0.5) is 13.2 Å². The number of pyridine rings is 1. The number of hydrogen-bond donors (Lipinski definition) is 0. The standard InChI is InChI=1S/C22H19F3N4O2/c1-13-16-6-2-3-7-17(16)31-19(13)21(30)28-10-4-5-14(11-28)20-27-26-18-9-8-15(12-29(18)20)22(23,24)25/h2-3,6-9,12,14H,4-5,10-11H2,1H3/t14-/m1/s1. The lowest BCUT2D eigenvalue weighted by Crippen LogP contribution is -2.39. The van der Waals surface area contributed by atoms with E-state index in [-0.39, 0.29) is 11.8 Å². The van der Waals surface area contributed by atoms with Crippen molar-refractivity contribution in [3.05, 3.63) is 65.3 Å². The number of fused-ring (bicyclic) bond motifs is 2. The maximum absolute atomic E-state index is 13.2. The summed E-state index contributed by atoms with van der Waals surface area (Å²) in [5.74, 6) is 0.288. The van der Waals surface area contributed by atoms with Crippen molar-refractivity contribution >= 4 is 22.5 Å². The molecule has 160 valence electrons. The van der Waals surface area contributed by atoms with E-state index in [9.17, 15) is 18.0 Å². The van der Waals surface area contributed by atoms with Crippen LogP contribution < -0.4 is 0 Å². The van der Waals surface area contributed by atoms with Gasteiger partial charge in [-0.05, 0) is 38.0 Å². The van der Waals surface area contributed by atoms with Crippen molar-refractivity contribution in [1.82, 2.24) is 19.5 Å². The highest BCUT2D eigenvalue weighted by Crippen LogP contribution is 2.32. The van der Waals surface area contributed by atoms with E-state index in [2.05, 4.69) is 10.2 Å². The van der Waals surface area contributed by atoms with Crippen molar-refractivity contribution in [3.8, 4) is 0 Å². The zero-order chi connectivity index (χ0) is 21.8. The number of piperidine rings is 1. The number of alkyl halides is 3. The number of furan rings is 1. The second-order valence-corrected chi connectivity index (χ2v) is 7.84. The molecule has 0 unspecified atom stereocenters. The third-order valence-corrected chi connectivity index (χ3v) is 5.87. The molecular formula is C22H19F3N4O2. The van der Waals surface area contributed by atoms with Gasteiger partial charge in [-0.3, -0.25) is 9.20 Å². The predicted molar refractivity (Wildman–Crippen MR) is 107 cm³/mol. The maximum atomic E-state index is 13.2. The van der Waals surface area contributed by atoms with E-state index in [1.165, 1.54) is 10.5 Å². The molecule has 1 saturated heterocycles. The van der Waals surface area contributed by atoms with Crippen molar-refractivity contribution in [2.75, 3.05) is 13.1 Å². The number of carbonyl (C=O) groups excluding carboxylic acids is 1. The monoisotopic (exact) mass is 428 g/mol. The van der Waals surface area contributed by atoms with Gasteiger partial charge in [-0.1, -0.05) is 18.2 Å². The Kier molecular flexibility index (Phi) is 4.49. The van der Waals surface area contributed by atoms with E-state index >= 15 is 0 Å². The molecule has 1 aliphatic rings. The summed E-state index contributed by atoms with van der Waals surface area (Å²) in [4.78, 5) is 14.9. The zero-order valence-electron chi connectivity index (χ0n) is 16.7. The molecule has 3 aromatic heterocycles. The summed E-state index contributed by atoms with van der Waals surface area (Å²) < 4.78 is 46.7. The van der Waals surface area contributed by atoms with Gasteiger partial charge in [0.2, 0.25) is 0 Å². The first kappa shape index (κ1) is 19.6. The molecular weight excluding hydrogens is 409 g/mol. The van der Waals surface area contributed by atoms with E-state index in [0.717, 1.165) is 23.2 Å². The van der Waals surface area contributed by atoms with E-state index in [1.807, 2.05) is 31.2 Å². The summed E-state index contributed by atoms with van der Waals surface area (Å²) in [6.45, 7) is 2.74. The van der Waals surface area contributed by atoms with Gasteiger partial charge in [-0.25, -0.2) is 0 Å². The lowest BCUT2D eigenvalue weighted by Gasteiger charge is -2.31. The highest BCUT2D eigenvalue weighted by Gasteiger charge is 2.33. The number of aromatic nitrogens is 3. The number of hydrogen-bond acceptors (Lipinski definition) is 4. The maximum Gasteiger partial charge on any atom is 0.417 e. The first-order chi connectivity index (χ1) is 14.8. The third-order valence-electron chi connectivity index (χ3n) is 5.87. The van der Waals surface area contributed by atoms with Crippen LogP contribution in [0.1, 0.15) is 46.3 Å². The third kappa shape index (κ3) is 3.34. The Bertz CT molecular complexity index is 1290. The number of para-hydroxylation sites is 1. The predicted octanol–water partition coefficient (Wildman–Crippen LogP) is 4.82. The van der Waals surface area contributed by atoms with Gasteiger partial charge in [-0.2, -0.15) is 13.2 Å². The molecule has 1 aromatic carbocycles. The molecule has 0 radical (unpaired) electrons. The average molecular weight is 428 g/mol. The van der Waals surface area contributed by atoms with Crippen LogP contribution >= 0.6 is 0 Å². The SMILES string of the molecule is Cc1c(C(=O)N2CCC[C@@H](c3nnc4ccc(C(F)(F)F)cn34)C2)oc2ccccc12. The molecule has 0 aliphatic carbocycles. The lowest BCUT2D eigenvalue weighted by molar-refractivity contribution is -0.137. The first-order valence-corrected chi connectivity index (χ1v) is 10.0. The Hall–Kier alpha value is -3.36. The molecule has 9 heteroatoms. The van der Waals surface area contributed by atoms with Gasteiger partial charge in [0.25, 0.3) is 5.91 Å². The number of halogens is 3. The second kappa shape index (κ2) is 7.11. The van der Waals surface area contributed by atoms with Crippen LogP contribution in [0, 0.1) is 6.92 Å². The molecule has 5 rings (SSSR count). The van der Waals surface area contributed by atoms with E-state index in [1.54, 1.807) is 4.90 Å². The Balaban J connectivity index is 1.45. The van der Waals surface area contributed by atoms with Crippen molar-refractivity contribution < 1.29 is 22.4 Å². The van der Waals surface area contributed by atoms with E-state index in [4.69, 9.17) is 4.42 Å². The van der Waals surface area contributed by atoms with Crippen LogP contribution in [0.15, 0.2) is 47.0 Å². The Morgan fingerprint density at radius 2 is 1.97 bits per heavy atom. The Morgan fingerprint density at radius 3 is 2.74 bits per heavy atom. The minimum Gasteiger partial charge on any atom is -0.451 e. The van der Waals surface area contributed by atoms with Crippen LogP contribution in [0.25, 0.3) is 16.6 Å². The summed E-state index contributed by atoms with van der Waals surface area (Å²) in [7, 11) is 0. The Morgan fingerprint density at radius 1 is 1.16 bits per heavy atom. The van der Waals surface area contributed by atoms with E-state index < -0.39 is 11.7 Å². The van der Waals surface area contributed by atoms with Crippen LogP contribution in [-0.2, 0) is 6.18 Å². The van der Waals surface area contributed by atoms with Crippen molar-refractivity contribution in [2.24, 2.45) is 0 Å². The summed E-state index contributed by atoms with van der Waals surface area (Å²) in [6.07, 6.45) is -2.01. The molecule has 1 aliphatic heterocycles. The largest absolute Gasteiger partial charge is 0.451 e. The highest BCUT2D eigenvalue weighted by atomic mass is 19.4. The number of aryl methyl sites for hydroxylation is 1. The van der Waals surface area contributed by atoms with Crippen LogP contribution in [0.5, 0.6) is 0 Å². The highest BCUT2D eigenvalue weighted by molar-refractivity contribution is 5.99. The van der Waals surface area contributed by atoms with Gasteiger partial charge in [0.1, 0.15) is 11.4 Å². The second-order valence-electron chi connectivity index (χ2n) is 7.84. The minimum atomic E-state index is -4.46. The molecule has 0 bridgehead atoms. The molecule has 0 spiro atoms. The average Bonchev–Trinajstić information content (AvgIpc) is 3.34. The molecule has 31 heavy (non-hydrogen) atoms. The van der Waals surface area contributed by atoms with Crippen molar-refractivity contribution in [2.45, 2.75) is 31.9 Å². The van der Waals surface area contributed by atoms with Gasteiger partial charge in [0.15, 0.2) is 11.4 Å². The summed E-state index contributed by atoms with van der Waals surface area (Å²) in [5.41, 5.74) is 1.02. The fourth-order valence-electron chi connectivity index (χ4n) is 4.25. The lowest BCUT2D eigenvalue weighted by atomic mass is 9.96. The first-order valence-electron chi connectivity index (χ1n) is 10.0. The van der Waals surface area contributed by atoms with Crippen molar-refractivity contribution in [3.63, 3.8) is 0 Å². The number of rotatable bonds is 2. The topological polar surface area (TPSA) is 63.6 Å². The fourth-order valence-corrected chi connectivity index (χ4v) is 4.25. The van der Waals surface area contributed by atoms with Crippen LogP contribution in [0.3, 0.4) is 0 Å². The summed E-state index contributed by atoms with van der Waals surface area (Å²) in [5, 5.41) is 9.05. The molecule has 1 amide bonds. The van der Waals surface area contributed by atoms with Crippen molar-refractivity contribution in [1.29, 1.82) is 0 Å². The molecule has 4 heterocycles. The molecule has 1 fully saturated rings. The number of amides is 1. The van der Waals surface area contributed by atoms with Crippen LogP contribution in [0.2, 0.25) is 0 Å². The van der Waals surface area contributed by atoms with Gasteiger partial charge < -0.3 is 9.32 Å². The minimum absolute atomic E-state index is 0.219. The fraction of sp³-hybridized carbons (Fsp3) is 0.318. The van der Waals surface area contributed by atoms with E-state index in [0.29, 0.717) is 48.7 Å². The molecule has 6 nitrogen and oxygen atoms in total. The van der Waals surface area contributed by atoms with Gasteiger partial charge in [0, 0.05) is 36.2 Å². The number of carbonyl (C=O) groups is 1. The quantitative estimate of drug-likeness (QED) is 0.459. The van der Waals surface area contributed by atoms with Gasteiger partial charge in [-0.15, -0.1) is 10.2 Å². The van der Waals surface area contributed by atoms with Gasteiger partial charge >= 0.3 is 6.18 Å². The summed E-state index contributed by atoms with van der Waals surface area (Å²) in [6, 6.07) is 9.77. The molecule has 0 N–H and O–H groups in total. The molecule has 4 aromatic rings. The zero-order valence-corrected chi connectivity index (χ0v) is 16.7. The normalized spacial score (nSPS) is 17.5. The Labute approximate surface area is 175 Å². The molecule has 1 atom stereocenters. The van der Waals surface area contributed by atoms with Crippen LogP contribution in [-0.4, -0.2) is 38.5 Å². The number of nitrogens with zero attached hydrogens (tertiary/aromatic N) is 4. The molecule has 0 saturated carbocycles. The summed E-state index contributed by atoms with van der Waals surface area (Å²) >= 11 is 0. The number of benzene rings is 1.